The van der Waals surface area contributed by atoms with E-state index >= 15 is 0 Å². The highest BCUT2D eigenvalue weighted by Crippen LogP contribution is 2.40. The largest absolute Gasteiger partial charge is 0.486 e. The molecule has 2 aliphatic rings. The average Bonchev–Trinajstić information content (AvgIpc) is 3.50. The Bertz CT molecular complexity index is 1180. The van der Waals surface area contributed by atoms with Crippen molar-refractivity contribution in [2.24, 2.45) is 7.05 Å². The first-order chi connectivity index (χ1) is 17.5. The van der Waals surface area contributed by atoms with E-state index in [9.17, 15) is 4.79 Å². The molecule has 192 valence electrons. The molecule has 2 N–H and O–H groups in total. The van der Waals surface area contributed by atoms with Crippen LogP contribution >= 0.6 is 11.6 Å². The number of hydrogen-bond acceptors (Lipinski definition) is 7. The lowest BCUT2D eigenvalue weighted by Crippen LogP contribution is -2.40. The van der Waals surface area contributed by atoms with Crippen LogP contribution in [-0.2, 0) is 18.4 Å². The summed E-state index contributed by atoms with van der Waals surface area (Å²) < 4.78 is 19.3. The van der Waals surface area contributed by atoms with Gasteiger partial charge in [0.05, 0.1) is 18.3 Å². The van der Waals surface area contributed by atoms with E-state index in [4.69, 9.17) is 30.7 Å². The molecule has 3 heterocycles. The van der Waals surface area contributed by atoms with Gasteiger partial charge in [0.2, 0.25) is 0 Å². The maximum Gasteiger partial charge on any atom is 0.404 e. The van der Waals surface area contributed by atoms with Crippen LogP contribution in [0.25, 0.3) is 0 Å². The highest BCUT2D eigenvalue weighted by molar-refractivity contribution is 6.30. The quantitative estimate of drug-likeness (QED) is 0.452. The summed E-state index contributed by atoms with van der Waals surface area (Å²) in [5.41, 5.74) is 0.964. The summed E-state index contributed by atoms with van der Waals surface area (Å²) >= 11 is 6.03. The number of carbonyl (C=O) groups is 1. The van der Waals surface area contributed by atoms with Gasteiger partial charge in [0.1, 0.15) is 24.3 Å². The van der Waals surface area contributed by atoms with Gasteiger partial charge in [0.25, 0.3) is 0 Å². The Morgan fingerprint density at radius 1 is 1.17 bits per heavy atom. The molecule has 1 aliphatic carbocycles. The van der Waals surface area contributed by atoms with Crippen molar-refractivity contribution in [2.45, 2.75) is 69.1 Å². The van der Waals surface area contributed by atoms with Crippen LogP contribution in [0.5, 0.6) is 5.75 Å². The second kappa shape index (κ2) is 10.9. The summed E-state index contributed by atoms with van der Waals surface area (Å²) in [6.45, 7) is 0.666. The fraction of sp³-hybridized carbons (Fsp3) is 0.520. The van der Waals surface area contributed by atoms with Crippen molar-refractivity contribution in [3.8, 4) is 5.75 Å². The highest BCUT2D eigenvalue weighted by atomic mass is 35.5. The van der Waals surface area contributed by atoms with E-state index in [0.29, 0.717) is 48.7 Å². The molecule has 0 bridgehead atoms. The van der Waals surface area contributed by atoms with Gasteiger partial charge in [0.15, 0.2) is 11.6 Å². The molecule has 1 amide bonds. The Balaban J connectivity index is 1.13. The molecule has 3 aromatic rings. The summed E-state index contributed by atoms with van der Waals surface area (Å²) in [4.78, 5) is 10.8. The SMILES string of the molecule is Cn1c(COc2cccc(Cl)c2)nnc1[C@H]1CC[C@H](c2cc([C@@H]3CC[C@@H](NC(=O)O)CO3)on2)CC1. The molecule has 0 spiro atoms. The second-order valence-corrected chi connectivity index (χ2v) is 9.96. The van der Waals surface area contributed by atoms with Gasteiger partial charge in [0, 0.05) is 30.0 Å². The maximum atomic E-state index is 10.8. The topological polar surface area (TPSA) is 125 Å². The molecule has 0 radical (unpaired) electrons. The van der Waals surface area contributed by atoms with Crippen LogP contribution in [0.1, 0.15) is 79.6 Å². The van der Waals surface area contributed by atoms with Crippen LogP contribution < -0.4 is 10.1 Å². The molecule has 36 heavy (non-hydrogen) atoms. The van der Waals surface area contributed by atoms with Crippen molar-refractivity contribution in [3.05, 3.63) is 58.5 Å². The van der Waals surface area contributed by atoms with E-state index in [2.05, 4.69) is 20.7 Å². The zero-order valence-corrected chi connectivity index (χ0v) is 20.9. The minimum absolute atomic E-state index is 0.180. The Hall–Kier alpha value is -3.11. The predicted molar refractivity (Wildman–Crippen MR) is 130 cm³/mol. The molecule has 1 saturated heterocycles. The molecule has 10 nitrogen and oxygen atoms in total. The number of halogens is 1. The Morgan fingerprint density at radius 2 is 1.97 bits per heavy atom. The summed E-state index contributed by atoms with van der Waals surface area (Å²) in [6.07, 6.45) is 4.18. The van der Waals surface area contributed by atoms with E-state index in [1.165, 1.54) is 0 Å². The van der Waals surface area contributed by atoms with Crippen LogP contribution in [0.2, 0.25) is 5.02 Å². The Kier molecular flexibility index (Phi) is 7.43. The zero-order chi connectivity index (χ0) is 25.1. The number of ether oxygens (including phenoxy) is 2. The highest BCUT2D eigenvalue weighted by Gasteiger charge is 2.31. The number of nitrogens with zero attached hydrogens (tertiary/aromatic N) is 4. The molecule has 11 heteroatoms. The fourth-order valence-corrected chi connectivity index (χ4v) is 5.30. The number of nitrogens with one attached hydrogen (secondary N) is 1. The normalized spacial score (nSPS) is 24.4. The second-order valence-electron chi connectivity index (χ2n) is 9.53. The summed E-state index contributed by atoms with van der Waals surface area (Å²) in [6, 6.07) is 9.14. The maximum absolute atomic E-state index is 10.8. The third kappa shape index (κ3) is 5.65. The first-order valence-corrected chi connectivity index (χ1v) is 12.7. The number of rotatable bonds is 7. The van der Waals surface area contributed by atoms with Crippen molar-refractivity contribution in [1.29, 1.82) is 0 Å². The van der Waals surface area contributed by atoms with Gasteiger partial charge in [-0.3, -0.25) is 0 Å². The zero-order valence-electron chi connectivity index (χ0n) is 20.1. The van der Waals surface area contributed by atoms with Gasteiger partial charge in [-0.15, -0.1) is 10.2 Å². The molecule has 2 fully saturated rings. The summed E-state index contributed by atoms with van der Waals surface area (Å²) in [5, 5.41) is 25.1. The van der Waals surface area contributed by atoms with Gasteiger partial charge in [-0.25, -0.2) is 4.79 Å². The number of aromatic nitrogens is 4. The fourth-order valence-electron chi connectivity index (χ4n) is 5.12. The third-order valence-corrected chi connectivity index (χ3v) is 7.38. The van der Waals surface area contributed by atoms with Crippen LogP contribution in [0, 0.1) is 0 Å². The van der Waals surface area contributed by atoms with Crippen LogP contribution in [0.4, 0.5) is 4.79 Å². The number of amides is 1. The molecule has 2 atom stereocenters. The average molecular weight is 516 g/mol. The molecule has 2 aromatic heterocycles. The number of hydrogen-bond donors (Lipinski definition) is 2. The van der Waals surface area contributed by atoms with E-state index in [0.717, 1.165) is 48.8 Å². The molecular formula is C25H30ClN5O5. The number of carboxylic acid groups (broad SMARTS) is 1. The van der Waals surface area contributed by atoms with Crippen LogP contribution in [0.3, 0.4) is 0 Å². The third-order valence-electron chi connectivity index (χ3n) is 7.14. The lowest BCUT2D eigenvalue weighted by atomic mass is 9.80. The van der Waals surface area contributed by atoms with Gasteiger partial charge in [-0.05, 0) is 56.7 Å². The first kappa shape index (κ1) is 24.6. The molecule has 0 unspecified atom stereocenters. The Morgan fingerprint density at radius 3 is 2.69 bits per heavy atom. The van der Waals surface area contributed by atoms with Gasteiger partial charge >= 0.3 is 6.09 Å². The summed E-state index contributed by atoms with van der Waals surface area (Å²) in [5.74, 6) is 3.86. The van der Waals surface area contributed by atoms with Gasteiger partial charge in [-0.2, -0.15) is 0 Å². The minimum Gasteiger partial charge on any atom is -0.486 e. The van der Waals surface area contributed by atoms with Crippen LogP contribution in [-0.4, -0.2) is 43.8 Å². The van der Waals surface area contributed by atoms with E-state index < -0.39 is 6.09 Å². The monoisotopic (exact) mass is 515 g/mol. The van der Waals surface area contributed by atoms with Gasteiger partial charge in [-0.1, -0.05) is 22.8 Å². The molecule has 1 saturated carbocycles. The molecular weight excluding hydrogens is 486 g/mol. The van der Waals surface area contributed by atoms with Crippen molar-refractivity contribution in [2.75, 3.05) is 6.61 Å². The molecule has 5 rings (SSSR count). The Labute approximate surface area is 213 Å². The van der Waals surface area contributed by atoms with E-state index in [1.54, 1.807) is 6.07 Å². The minimum atomic E-state index is -1.02. The molecule has 1 aromatic carbocycles. The molecule has 1 aliphatic heterocycles. The van der Waals surface area contributed by atoms with Gasteiger partial charge < -0.3 is 29.0 Å². The van der Waals surface area contributed by atoms with Crippen molar-refractivity contribution in [3.63, 3.8) is 0 Å². The first-order valence-electron chi connectivity index (χ1n) is 12.3. The number of benzene rings is 1. The van der Waals surface area contributed by atoms with Crippen molar-refractivity contribution in [1.82, 2.24) is 25.2 Å². The predicted octanol–water partition coefficient (Wildman–Crippen LogP) is 4.96. The van der Waals surface area contributed by atoms with Crippen molar-refractivity contribution < 1.29 is 23.9 Å². The van der Waals surface area contributed by atoms with Crippen molar-refractivity contribution >= 4 is 17.7 Å². The summed E-state index contributed by atoms with van der Waals surface area (Å²) in [7, 11) is 1.99. The smallest absolute Gasteiger partial charge is 0.404 e. The van der Waals surface area contributed by atoms with Crippen LogP contribution in [0.15, 0.2) is 34.9 Å². The lowest BCUT2D eigenvalue weighted by molar-refractivity contribution is -0.0173. The lowest BCUT2D eigenvalue weighted by Gasteiger charge is -2.27. The van der Waals surface area contributed by atoms with E-state index in [1.807, 2.05) is 35.9 Å². The standard InChI is InChI=1S/C25H30ClN5O5/c1-31-23(14-34-19-4-2-3-17(26)11-19)28-29-24(31)16-7-5-15(6-8-16)20-12-22(36-30-20)21-10-9-18(13-35-21)27-25(32)33/h2-4,11-12,15-16,18,21,27H,5-10,13-14H2,1H3,(H,32,33)/t15-,16-,18-,21+/m1/s1. The van der Waals surface area contributed by atoms with E-state index in [-0.39, 0.29) is 12.1 Å².